The molecule has 162 valence electrons. The minimum atomic E-state index is -2.16. The van der Waals surface area contributed by atoms with Gasteiger partial charge in [-0.3, -0.25) is 8.37 Å². The summed E-state index contributed by atoms with van der Waals surface area (Å²) < 4.78 is 54.0. The van der Waals surface area contributed by atoms with Gasteiger partial charge in [-0.15, -0.1) is 0 Å². The molecule has 2 saturated carbocycles. The van der Waals surface area contributed by atoms with Crippen LogP contribution in [0, 0.1) is 0 Å². The molecule has 2 fully saturated rings. The Morgan fingerprint density at radius 1 is 0.733 bits per heavy atom. The molecule has 0 bridgehead atoms. The maximum atomic E-state index is 14.4. The molecule has 0 spiro atoms. The lowest BCUT2D eigenvalue weighted by Gasteiger charge is -2.41. The van der Waals surface area contributed by atoms with Gasteiger partial charge in [-0.05, 0) is 49.7 Å². The van der Waals surface area contributed by atoms with E-state index in [4.69, 9.17) is 8.37 Å². The SMILES string of the molecule is O=S(OC1(c2ccccc2)CCCC(F)C1)OC1(c2ccccc2)CCCC(F)C1. The third-order valence-electron chi connectivity index (χ3n) is 6.35. The summed E-state index contributed by atoms with van der Waals surface area (Å²) in [5.41, 5.74) is -0.424. The number of halogens is 2. The monoisotopic (exact) mass is 434 g/mol. The Hall–Kier alpha value is -1.63. The van der Waals surface area contributed by atoms with E-state index in [-0.39, 0.29) is 12.8 Å². The van der Waals surface area contributed by atoms with E-state index in [9.17, 15) is 13.0 Å². The predicted molar refractivity (Wildman–Crippen MR) is 113 cm³/mol. The van der Waals surface area contributed by atoms with Crippen LogP contribution in [0.5, 0.6) is 0 Å². The van der Waals surface area contributed by atoms with Gasteiger partial charge in [0.1, 0.15) is 23.5 Å². The maximum Gasteiger partial charge on any atom is 0.306 e. The standard InChI is InChI=1S/C24H28F2O3S/c25-21-13-7-15-23(17-21,19-9-3-1-4-10-19)28-30(27)29-24(16-8-14-22(26)18-24)20-11-5-2-6-12-20/h1-6,9-12,21-22H,7-8,13-18H2. The average Bonchev–Trinajstić information content (AvgIpc) is 2.75. The zero-order valence-electron chi connectivity index (χ0n) is 17.0. The smallest absolute Gasteiger partial charge is 0.257 e. The van der Waals surface area contributed by atoms with E-state index < -0.39 is 34.9 Å². The van der Waals surface area contributed by atoms with Crippen molar-refractivity contribution in [3.05, 3.63) is 71.8 Å². The summed E-state index contributed by atoms with van der Waals surface area (Å²) in [6.45, 7) is 0. The van der Waals surface area contributed by atoms with Crippen LogP contribution in [0.4, 0.5) is 8.78 Å². The zero-order chi connectivity index (χ0) is 21.0. The molecule has 4 atom stereocenters. The first-order valence-electron chi connectivity index (χ1n) is 10.7. The second kappa shape index (κ2) is 9.25. The highest BCUT2D eigenvalue weighted by atomic mass is 32.2. The number of hydrogen-bond donors (Lipinski definition) is 0. The van der Waals surface area contributed by atoms with E-state index in [1.54, 1.807) is 0 Å². The van der Waals surface area contributed by atoms with Crippen molar-refractivity contribution in [3.63, 3.8) is 0 Å². The molecular formula is C24H28F2O3S. The van der Waals surface area contributed by atoms with Crippen molar-refractivity contribution in [2.75, 3.05) is 0 Å². The van der Waals surface area contributed by atoms with Crippen LogP contribution in [-0.4, -0.2) is 16.6 Å². The molecule has 4 unspecified atom stereocenters. The van der Waals surface area contributed by atoms with Crippen LogP contribution < -0.4 is 0 Å². The molecule has 0 amide bonds. The minimum Gasteiger partial charge on any atom is -0.257 e. The summed E-state index contributed by atoms with van der Waals surface area (Å²) in [7, 11) is 0. The van der Waals surface area contributed by atoms with Gasteiger partial charge < -0.3 is 0 Å². The first kappa shape index (κ1) is 21.6. The molecule has 2 aromatic rings. The van der Waals surface area contributed by atoms with Crippen LogP contribution in [0.1, 0.15) is 62.5 Å². The van der Waals surface area contributed by atoms with E-state index in [0.717, 1.165) is 11.1 Å². The Morgan fingerprint density at radius 2 is 1.13 bits per heavy atom. The third kappa shape index (κ3) is 4.66. The van der Waals surface area contributed by atoms with E-state index >= 15 is 0 Å². The predicted octanol–water partition coefficient (Wildman–Crippen LogP) is 6.21. The van der Waals surface area contributed by atoms with Crippen LogP contribution in [0.2, 0.25) is 0 Å². The molecule has 3 nitrogen and oxygen atoms in total. The highest BCUT2D eigenvalue weighted by Crippen LogP contribution is 2.46. The molecule has 0 aromatic heterocycles. The van der Waals surface area contributed by atoms with Crippen molar-refractivity contribution in [1.29, 1.82) is 0 Å². The number of benzene rings is 2. The Kier molecular flexibility index (Phi) is 6.66. The number of hydrogen-bond acceptors (Lipinski definition) is 3. The summed E-state index contributed by atoms with van der Waals surface area (Å²) in [5, 5.41) is 0. The summed E-state index contributed by atoms with van der Waals surface area (Å²) in [6.07, 6.45) is 1.59. The molecule has 30 heavy (non-hydrogen) atoms. The fourth-order valence-corrected chi connectivity index (χ4v) is 5.93. The largest absolute Gasteiger partial charge is 0.306 e. The second-order valence-electron chi connectivity index (χ2n) is 8.48. The van der Waals surface area contributed by atoms with E-state index in [1.807, 2.05) is 60.7 Å². The Balaban J connectivity index is 1.60. The molecule has 2 aromatic carbocycles. The molecule has 0 aliphatic heterocycles. The van der Waals surface area contributed by atoms with E-state index in [2.05, 4.69) is 0 Å². The first-order valence-corrected chi connectivity index (χ1v) is 11.7. The molecular weight excluding hydrogens is 406 g/mol. The minimum absolute atomic E-state index is 0.135. The first-order chi connectivity index (χ1) is 14.5. The lowest BCUT2D eigenvalue weighted by Crippen LogP contribution is -2.41. The molecule has 2 aliphatic carbocycles. The fraction of sp³-hybridized carbons (Fsp3) is 0.500. The maximum absolute atomic E-state index is 14.4. The Morgan fingerprint density at radius 3 is 1.50 bits per heavy atom. The molecule has 0 N–H and O–H groups in total. The van der Waals surface area contributed by atoms with E-state index in [0.29, 0.717) is 38.5 Å². The second-order valence-corrected chi connectivity index (χ2v) is 9.22. The van der Waals surface area contributed by atoms with Gasteiger partial charge in [0, 0.05) is 12.8 Å². The van der Waals surface area contributed by atoms with Crippen molar-refractivity contribution in [1.82, 2.24) is 0 Å². The third-order valence-corrected chi connectivity index (χ3v) is 7.26. The Bertz CT molecular complexity index is 781. The highest BCUT2D eigenvalue weighted by molar-refractivity contribution is 7.75. The number of alkyl halides is 2. The van der Waals surface area contributed by atoms with Gasteiger partial charge in [-0.1, -0.05) is 60.7 Å². The van der Waals surface area contributed by atoms with Crippen LogP contribution >= 0.6 is 0 Å². The fourth-order valence-electron chi connectivity index (χ4n) is 4.88. The summed E-state index contributed by atoms with van der Waals surface area (Å²) >= 11 is -2.16. The van der Waals surface area contributed by atoms with Gasteiger partial charge in [0.05, 0.1) is 0 Å². The van der Waals surface area contributed by atoms with Crippen LogP contribution in [0.25, 0.3) is 0 Å². The highest BCUT2D eigenvalue weighted by Gasteiger charge is 2.45. The van der Waals surface area contributed by atoms with Crippen molar-refractivity contribution in [3.8, 4) is 0 Å². The molecule has 0 radical (unpaired) electrons. The van der Waals surface area contributed by atoms with Gasteiger partial charge in [-0.2, -0.15) is 4.21 Å². The van der Waals surface area contributed by atoms with Crippen molar-refractivity contribution >= 4 is 11.4 Å². The number of rotatable bonds is 6. The molecule has 2 aliphatic rings. The molecule has 0 saturated heterocycles. The normalized spacial score (nSPS) is 33.1. The van der Waals surface area contributed by atoms with Gasteiger partial charge in [0.2, 0.25) is 0 Å². The van der Waals surface area contributed by atoms with Crippen molar-refractivity contribution in [2.45, 2.75) is 74.9 Å². The van der Waals surface area contributed by atoms with E-state index in [1.165, 1.54) is 0 Å². The molecule has 6 heteroatoms. The van der Waals surface area contributed by atoms with Crippen LogP contribution in [-0.2, 0) is 30.9 Å². The van der Waals surface area contributed by atoms with Gasteiger partial charge >= 0.3 is 11.4 Å². The summed E-state index contributed by atoms with van der Waals surface area (Å²) in [5.74, 6) is 0. The van der Waals surface area contributed by atoms with Crippen molar-refractivity contribution < 1.29 is 21.4 Å². The van der Waals surface area contributed by atoms with Gasteiger partial charge in [0.25, 0.3) is 0 Å². The van der Waals surface area contributed by atoms with Gasteiger partial charge in [0.15, 0.2) is 0 Å². The van der Waals surface area contributed by atoms with Gasteiger partial charge in [-0.25, -0.2) is 8.78 Å². The molecule has 0 heterocycles. The average molecular weight is 435 g/mol. The molecule has 4 rings (SSSR count). The van der Waals surface area contributed by atoms with Crippen molar-refractivity contribution in [2.24, 2.45) is 0 Å². The lowest BCUT2D eigenvalue weighted by molar-refractivity contribution is -0.0400. The zero-order valence-corrected chi connectivity index (χ0v) is 17.8. The topological polar surface area (TPSA) is 35.5 Å². The summed E-state index contributed by atoms with van der Waals surface area (Å²) in [6, 6.07) is 18.7. The quantitative estimate of drug-likeness (QED) is 0.542. The lowest BCUT2D eigenvalue weighted by atomic mass is 9.79. The van der Waals surface area contributed by atoms with Crippen LogP contribution in [0.15, 0.2) is 60.7 Å². The van der Waals surface area contributed by atoms with Crippen LogP contribution in [0.3, 0.4) is 0 Å². The summed E-state index contributed by atoms with van der Waals surface area (Å²) in [4.78, 5) is 0. The Labute approximate surface area is 179 Å².